The summed E-state index contributed by atoms with van der Waals surface area (Å²) in [5, 5.41) is -0.0767. The van der Waals surface area contributed by atoms with E-state index in [0.29, 0.717) is 5.75 Å². The molecule has 0 aliphatic carbocycles. The van der Waals surface area contributed by atoms with Gasteiger partial charge >= 0.3 is 0 Å². The normalized spacial score (nSPS) is 14.1. The highest BCUT2D eigenvalue weighted by Crippen LogP contribution is 2.27. The van der Waals surface area contributed by atoms with Crippen LogP contribution in [0.3, 0.4) is 0 Å². The van der Waals surface area contributed by atoms with Crippen molar-refractivity contribution in [2.24, 2.45) is 0 Å². The molecule has 1 unspecified atom stereocenters. The molecule has 1 atom stereocenters. The van der Waals surface area contributed by atoms with Gasteiger partial charge in [0.15, 0.2) is 5.12 Å². The maximum atomic E-state index is 12.9. The van der Waals surface area contributed by atoms with E-state index >= 15 is 0 Å². The van der Waals surface area contributed by atoms with Crippen molar-refractivity contribution in [3.63, 3.8) is 0 Å². The van der Waals surface area contributed by atoms with Gasteiger partial charge in [0.1, 0.15) is 6.17 Å². The Morgan fingerprint density at radius 1 is 1.50 bits per heavy atom. The van der Waals surface area contributed by atoms with Crippen LogP contribution in [0.5, 0.6) is 0 Å². The largest absolute Gasteiger partial charge is 0.288 e. The third-order valence-electron chi connectivity index (χ3n) is 1.57. The first kappa shape index (κ1) is 13.8. The summed E-state index contributed by atoms with van der Waals surface area (Å²) in [7, 11) is 0. The van der Waals surface area contributed by atoms with Gasteiger partial charge in [0.05, 0.1) is 0 Å². The summed E-state index contributed by atoms with van der Waals surface area (Å²) in [5.41, 5.74) is 0. The van der Waals surface area contributed by atoms with Gasteiger partial charge in [-0.1, -0.05) is 11.8 Å². The molecule has 5 heteroatoms. The Balaban J connectivity index is 3.60. The lowest BCUT2D eigenvalue weighted by Gasteiger charge is -2.16. The number of alkyl halides is 3. The van der Waals surface area contributed by atoms with Crippen molar-refractivity contribution in [1.82, 2.24) is 0 Å². The minimum absolute atomic E-state index is 0.0767. The van der Waals surface area contributed by atoms with Crippen molar-refractivity contribution < 1.29 is 18.0 Å². The monoisotopic (exact) mass is 228 g/mol. The second-order valence-electron chi connectivity index (χ2n) is 3.28. The molecule has 0 N–H and O–H groups in total. The highest BCUT2D eigenvalue weighted by molar-refractivity contribution is 8.13. The molecular weight excluding hydrogens is 213 g/mol. The fourth-order valence-corrected chi connectivity index (χ4v) is 1.64. The molecular formula is C9H15F3OS. The summed E-state index contributed by atoms with van der Waals surface area (Å²) >= 11 is 1.02. The first-order chi connectivity index (χ1) is 6.33. The van der Waals surface area contributed by atoms with Gasteiger partial charge in [0.25, 0.3) is 5.92 Å². The van der Waals surface area contributed by atoms with Crippen LogP contribution in [0.25, 0.3) is 0 Å². The number of halogens is 3. The maximum absolute atomic E-state index is 12.9. The Labute approximate surface area is 86.4 Å². The van der Waals surface area contributed by atoms with Crippen LogP contribution in [0.4, 0.5) is 13.2 Å². The van der Waals surface area contributed by atoms with Crippen molar-refractivity contribution >= 4 is 16.9 Å². The minimum Gasteiger partial charge on any atom is -0.288 e. The van der Waals surface area contributed by atoms with Gasteiger partial charge < -0.3 is 0 Å². The van der Waals surface area contributed by atoms with Crippen LogP contribution >= 0.6 is 11.8 Å². The van der Waals surface area contributed by atoms with E-state index in [-0.39, 0.29) is 18.0 Å². The number of thioether (sulfide) groups is 1. The lowest BCUT2D eigenvalue weighted by molar-refractivity contribution is -0.109. The van der Waals surface area contributed by atoms with Crippen LogP contribution in [-0.4, -0.2) is 23.0 Å². The molecule has 0 heterocycles. The zero-order valence-corrected chi connectivity index (χ0v) is 9.17. The second-order valence-corrected chi connectivity index (χ2v) is 4.56. The summed E-state index contributed by atoms with van der Waals surface area (Å²) in [4.78, 5) is 10.5. The second kappa shape index (κ2) is 6.32. The van der Waals surface area contributed by atoms with E-state index in [2.05, 4.69) is 0 Å². The van der Waals surface area contributed by atoms with Crippen LogP contribution in [-0.2, 0) is 4.79 Å². The van der Waals surface area contributed by atoms with Gasteiger partial charge in [0, 0.05) is 25.5 Å². The lowest BCUT2D eigenvalue weighted by atomic mass is 10.1. The van der Waals surface area contributed by atoms with Crippen LogP contribution in [0.1, 0.15) is 33.1 Å². The molecule has 0 rings (SSSR count). The Morgan fingerprint density at radius 2 is 2.07 bits per heavy atom. The van der Waals surface area contributed by atoms with E-state index in [1.54, 1.807) is 0 Å². The molecule has 1 nitrogen and oxygen atoms in total. The summed E-state index contributed by atoms with van der Waals surface area (Å²) in [6.07, 6.45) is -2.31. The molecule has 0 saturated heterocycles. The van der Waals surface area contributed by atoms with Crippen LogP contribution in [0, 0.1) is 0 Å². The molecule has 0 aliphatic rings. The molecule has 0 bridgehead atoms. The van der Waals surface area contributed by atoms with Crippen molar-refractivity contribution in [3.05, 3.63) is 0 Å². The van der Waals surface area contributed by atoms with Crippen LogP contribution in [0.2, 0.25) is 0 Å². The Hall–Kier alpha value is -0.190. The highest BCUT2D eigenvalue weighted by atomic mass is 32.2. The summed E-state index contributed by atoms with van der Waals surface area (Å²) < 4.78 is 38.0. The first-order valence-corrected chi connectivity index (χ1v) is 5.47. The van der Waals surface area contributed by atoms with Crippen molar-refractivity contribution in [2.75, 3.05) is 5.75 Å². The fourth-order valence-electron chi connectivity index (χ4n) is 1.06. The first-order valence-electron chi connectivity index (χ1n) is 4.49. The Kier molecular flexibility index (Phi) is 6.24. The van der Waals surface area contributed by atoms with Gasteiger partial charge in [-0.15, -0.1) is 0 Å². The smallest absolute Gasteiger partial charge is 0.250 e. The van der Waals surface area contributed by atoms with Crippen molar-refractivity contribution in [2.45, 2.75) is 45.2 Å². The molecule has 0 aromatic carbocycles. The van der Waals surface area contributed by atoms with Gasteiger partial charge in [0.2, 0.25) is 0 Å². The number of carbonyl (C=O) groups is 1. The topological polar surface area (TPSA) is 17.1 Å². The summed E-state index contributed by atoms with van der Waals surface area (Å²) in [5.74, 6) is -2.56. The van der Waals surface area contributed by atoms with Crippen LogP contribution < -0.4 is 0 Å². The molecule has 0 aromatic rings. The zero-order valence-electron chi connectivity index (χ0n) is 8.36. The SMILES string of the molecule is CC(=O)SCCCC(F)(F)CC(C)F. The quantitative estimate of drug-likeness (QED) is 0.648. The van der Waals surface area contributed by atoms with Crippen molar-refractivity contribution in [3.8, 4) is 0 Å². The molecule has 0 aliphatic heterocycles. The summed E-state index contributed by atoms with van der Waals surface area (Å²) in [6.45, 7) is 2.52. The van der Waals surface area contributed by atoms with E-state index in [1.807, 2.05) is 0 Å². The molecule has 0 saturated carbocycles. The standard InChI is InChI=1S/C9H15F3OS/c1-7(10)6-9(11,12)4-3-5-14-8(2)13/h7H,3-6H2,1-2H3. The number of hydrogen-bond acceptors (Lipinski definition) is 2. The fraction of sp³-hybridized carbons (Fsp3) is 0.889. The highest BCUT2D eigenvalue weighted by Gasteiger charge is 2.30. The summed E-state index contributed by atoms with van der Waals surface area (Å²) in [6, 6.07) is 0. The van der Waals surface area contributed by atoms with E-state index in [0.717, 1.165) is 18.7 Å². The third-order valence-corrected chi connectivity index (χ3v) is 2.47. The van der Waals surface area contributed by atoms with Gasteiger partial charge in [-0.2, -0.15) is 0 Å². The number of carbonyl (C=O) groups excluding carboxylic acids is 1. The molecule has 0 radical (unpaired) electrons. The number of rotatable bonds is 6. The molecule has 0 fully saturated rings. The number of hydrogen-bond donors (Lipinski definition) is 0. The van der Waals surface area contributed by atoms with Crippen molar-refractivity contribution in [1.29, 1.82) is 0 Å². The molecule has 0 aromatic heterocycles. The van der Waals surface area contributed by atoms with Crippen LogP contribution in [0.15, 0.2) is 0 Å². The molecule has 84 valence electrons. The molecule has 0 amide bonds. The average Bonchev–Trinajstić information content (AvgIpc) is 1.95. The van der Waals surface area contributed by atoms with Gasteiger partial charge in [-0.25, -0.2) is 13.2 Å². The van der Waals surface area contributed by atoms with E-state index < -0.39 is 18.5 Å². The lowest BCUT2D eigenvalue weighted by Crippen LogP contribution is -2.20. The Morgan fingerprint density at radius 3 is 2.50 bits per heavy atom. The Bertz CT molecular complexity index is 183. The molecule has 0 spiro atoms. The molecule has 14 heavy (non-hydrogen) atoms. The van der Waals surface area contributed by atoms with Gasteiger partial charge in [-0.05, 0) is 13.3 Å². The van der Waals surface area contributed by atoms with E-state index in [1.165, 1.54) is 6.92 Å². The van der Waals surface area contributed by atoms with E-state index in [9.17, 15) is 18.0 Å². The minimum atomic E-state index is -2.94. The maximum Gasteiger partial charge on any atom is 0.250 e. The third kappa shape index (κ3) is 8.41. The van der Waals surface area contributed by atoms with E-state index in [4.69, 9.17) is 0 Å². The predicted molar refractivity (Wildman–Crippen MR) is 52.5 cm³/mol. The zero-order chi connectivity index (χ0) is 11.2. The van der Waals surface area contributed by atoms with Gasteiger partial charge in [-0.3, -0.25) is 4.79 Å². The predicted octanol–water partition coefficient (Wildman–Crippen LogP) is 3.43. The average molecular weight is 228 g/mol.